The molecule has 5 heteroatoms. The summed E-state index contributed by atoms with van der Waals surface area (Å²) in [4.78, 5) is 0. The number of methoxy groups -OCH3 is 1. The van der Waals surface area contributed by atoms with Crippen molar-refractivity contribution in [1.29, 1.82) is 0 Å². The summed E-state index contributed by atoms with van der Waals surface area (Å²) in [7, 11) is 1.61. The van der Waals surface area contributed by atoms with Crippen molar-refractivity contribution in [3.8, 4) is 5.75 Å². The summed E-state index contributed by atoms with van der Waals surface area (Å²) < 4.78 is 10.7. The molecule has 1 aromatic carbocycles. The number of ether oxygens (including phenoxy) is 2. The Kier molecular flexibility index (Phi) is 4.78. The summed E-state index contributed by atoms with van der Waals surface area (Å²) in [5.41, 5.74) is 7.11. The number of para-hydroxylation sites is 1. The molecule has 0 bridgehead atoms. The normalized spacial score (nSPS) is 13.5. The summed E-state index contributed by atoms with van der Waals surface area (Å²) in [6, 6.07) is 5.48. The average Bonchev–Trinajstić information content (AvgIpc) is 2.31. The predicted molar refractivity (Wildman–Crippen MR) is 65.7 cm³/mol. The minimum atomic E-state index is -0.105. The van der Waals surface area contributed by atoms with Crippen LogP contribution in [0.5, 0.6) is 5.75 Å². The van der Waals surface area contributed by atoms with Crippen LogP contribution in [0.2, 0.25) is 0 Å². The van der Waals surface area contributed by atoms with Crippen molar-refractivity contribution in [2.24, 2.45) is 10.9 Å². The van der Waals surface area contributed by atoms with Crippen molar-refractivity contribution < 1.29 is 14.7 Å². The van der Waals surface area contributed by atoms with Crippen molar-refractivity contribution in [2.75, 3.05) is 13.7 Å². The maximum atomic E-state index is 8.72. The number of hydrogen-bond acceptors (Lipinski definition) is 4. The highest BCUT2D eigenvalue weighted by atomic mass is 16.5. The molecule has 1 aromatic rings. The Bertz CT molecular complexity index is 405. The molecule has 1 atom stereocenters. The van der Waals surface area contributed by atoms with Crippen LogP contribution in [0.3, 0.4) is 0 Å². The molecule has 0 aliphatic rings. The van der Waals surface area contributed by atoms with E-state index in [2.05, 4.69) is 5.16 Å². The lowest BCUT2D eigenvalue weighted by Crippen LogP contribution is -2.22. The quantitative estimate of drug-likeness (QED) is 0.353. The molecule has 0 heterocycles. The number of oxime groups is 1. The largest absolute Gasteiger partial charge is 0.487 e. The summed E-state index contributed by atoms with van der Waals surface area (Å²) in [5.74, 6) is 0.653. The first kappa shape index (κ1) is 13.3. The number of nitrogens with zero attached hydrogens (tertiary/aromatic N) is 1. The molecule has 0 radical (unpaired) electrons. The highest BCUT2D eigenvalue weighted by Crippen LogP contribution is 2.24. The summed E-state index contributed by atoms with van der Waals surface area (Å²) in [6.45, 7) is 4.28. The lowest BCUT2D eigenvalue weighted by atomic mass is 10.1. The fourth-order valence-electron chi connectivity index (χ4n) is 1.53. The van der Waals surface area contributed by atoms with Gasteiger partial charge in [0.2, 0.25) is 0 Å². The predicted octanol–water partition coefficient (Wildman–Crippen LogP) is 1.50. The molecule has 94 valence electrons. The zero-order valence-electron chi connectivity index (χ0n) is 10.3. The summed E-state index contributed by atoms with van der Waals surface area (Å²) >= 11 is 0. The van der Waals surface area contributed by atoms with Crippen LogP contribution in [-0.4, -0.2) is 30.9 Å². The lowest BCUT2D eigenvalue weighted by molar-refractivity contribution is 0.0914. The number of benzene rings is 1. The first-order valence-corrected chi connectivity index (χ1v) is 5.33. The zero-order valence-corrected chi connectivity index (χ0v) is 10.3. The minimum Gasteiger partial charge on any atom is -0.487 e. The van der Waals surface area contributed by atoms with Crippen LogP contribution in [0.4, 0.5) is 0 Å². The molecule has 3 N–H and O–H groups in total. The van der Waals surface area contributed by atoms with E-state index in [4.69, 9.17) is 20.4 Å². The molecular weight excluding hydrogens is 220 g/mol. The fourth-order valence-corrected chi connectivity index (χ4v) is 1.53. The van der Waals surface area contributed by atoms with E-state index in [1.165, 1.54) is 0 Å². The second-order valence-corrected chi connectivity index (χ2v) is 3.82. The molecule has 0 fully saturated rings. The van der Waals surface area contributed by atoms with Crippen molar-refractivity contribution in [3.05, 3.63) is 29.3 Å². The number of hydrogen-bond donors (Lipinski definition) is 2. The molecule has 0 saturated heterocycles. The Labute approximate surface area is 101 Å². The lowest BCUT2D eigenvalue weighted by Gasteiger charge is -2.18. The van der Waals surface area contributed by atoms with E-state index >= 15 is 0 Å². The third-order valence-corrected chi connectivity index (χ3v) is 2.32. The molecule has 17 heavy (non-hydrogen) atoms. The third-order valence-electron chi connectivity index (χ3n) is 2.32. The Balaban J connectivity index is 3.04. The van der Waals surface area contributed by atoms with Gasteiger partial charge < -0.3 is 20.4 Å². The molecule has 0 amide bonds. The average molecular weight is 238 g/mol. The van der Waals surface area contributed by atoms with E-state index in [0.29, 0.717) is 17.9 Å². The maximum Gasteiger partial charge on any atom is 0.173 e. The molecular formula is C12H18N2O3. The van der Waals surface area contributed by atoms with Gasteiger partial charge in [-0.2, -0.15) is 0 Å². The molecule has 0 spiro atoms. The molecule has 1 rings (SSSR count). The Morgan fingerprint density at radius 1 is 1.53 bits per heavy atom. The molecule has 0 aliphatic carbocycles. The van der Waals surface area contributed by atoms with Crippen LogP contribution in [0.25, 0.3) is 0 Å². The number of amidine groups is 1. The second-order valence-electron chi connectivity index (χ2n) is 3.82. The Morgan fingerprint density at radius 3 is 2.82 bits per heavy atom. The Morgan fingerprint density at radius 2 is 2.24 bits per heavy atom. The number of rotatable bonds is 5. The van der Waals surface area contributed by atoms with E-state index < -0.39 is 0 Å². The highest BCUT2D eigenvalue weighted by molar-refractivity contribution is 5.99. The van der Waals surface area contributed by atoms with E-state index in [1.54, 1.807) is 13.2 Å². The monoisotopic (exact) mass is 238 g/mol. The zero-order chi connectivity index (χ0) is 12.8. The summed E-state index contributed by atoms with van der Waals surface area (Å²) in [6.07, 6.45) is -0.105. The van der Waals surface area contributed by atoms with Gasteiger partial charge in [-0.1, -0.05) is 17.3 Å². The topological polar surface area (TPSA) is 77.1 Å². The van der Waals surface area contributed by atoms with Crippen LogP contribution in [-0.2, 0) is 4.74 Å². The van der Waals surface area contributed by atoms with Gasteiger partial charge in [0.1, 0.15) is 11.9 Å². The molecule has 5 nitrogen and oxygen atoms in total. The van der Waals surface area contributed by atoms with Crippen LogP contribution in [0.1, 0.15) is 18.1 Å². The van der Waals surface area contributed by atoms with Gasteiger partial charge >= 0.3 is 0 Å². The van der Waals surface area contributed by atoms with E-state index in [-0.39, 0.29) is 11.9 Å². The van der Waals surface area contributed by atoms with Gasteiger partial charge in [0.05, 0.1) is 12.2 Å². The van der Waals surface area contributed by atoms with Gasteiger partial charge in [-0.15, -0.1) is 0 Å². The van der Waals surface area contributed by atoms with Gasteiger partial charge in [0.25, 0.3) is 0 Å². The van der Waals surface area contributed by atoms with Gasteiger partial charge in [-0.05, 0) is 25.5 Å². The number of nitrogens with two attached hydrogens (primary N) is 1. The molecule has 0 saturated carbocycles. The van der Waals surface area contributed by atoms with Crippen LogP contribution < -0.4 is 10.5 Å². The van der Waals surface area contributed by atoms with Crippen LogP contribution >= 0.6 is 0 Å². The summed E-state index contributed by atoms with van der Waals surface area (Å²) in [5, 5.41) is 11.7. The smallest absolute Gasteiger partial charge is 0.173 e. The van der Waals surface area contributed by atoms with Crippen LogP contribution in [0, 0.1) is 6.92 Å². The third kappa shape index (κ3) is 3.35. The van der Waals surface area contributed by atoms with Crippen molar-refractivity contribution in [1.82, 2.24) is 0 Å². The van der Waals surface area contributed by atoms with E-state index in [9.17, 15) is 0 Å². The standard InChI is InChI=1S/C12H18N2O3/c1-8-5-4-6-10(12(13)14-15)11(8)17-9(2)7-16-3/h4-6,9,15H,7H2,1-3H3,(H2,13,14). The first-order valence-electron chi connectivity index (χ1n) is 5.33. The van der Waals surface area contributed by atoms with Gasteiger partial charge in [-0.25, -0.2) is 0 Å². The molecule has 0 aromatic heterocycles. The van der Waals surface area contributed by atoms with Crippen molar-refractivity contribution >= 4 is 5.84 Å². The highest BCUT2D eigenvalue weighted by Gasteiger charge is 2.13. The fraction of sp³-hybridized carbons (Fsp3) is 0.417. The molecule has 0 aliphatic heterocycles. The van der Waals surface area contributed by atoms with Crippen molar-refractivity contribution in [3.63, 3.8) is 0 Å². The van der Waals surface area contributed by atoms with E-state index in [1.807, 2.05) is 26.0 Å². The maximum absolute atomic E-state index is 8.72. The van der Waals surface area contributed by atoms with Crippen molar-refractivity contribution in [2.45, 2.75) is 20.0 Å². The van der Waals surface area contributed by atoms with Gasteiger partial charge in [0.15, 0.2) is 5.84 Å². The molecule has 1 unspecified atom stereocenters. The van der Waals surface area contributed by atoms with Gasteiger partial charge in [0, 0.05) is 7.11 Å². The van der Waals surface area contributed by atoms with Gasteiger partial charge in [-0.3, -0.25) is 0 Å². The Hall–Kier alpha value is -1.75. The van der Waals surface area contributed by atoms with Crippen LogP contribution in [0.15, 0.2) is 23.4 Å². The first-order chi connectivity index (χ1) is 8.10. The number of aryl methyl sites for hydroxylation is 1. The second kappa shape index (κ2) is 6.10. The SMILES string of the molecule is COCC(C)Oc1c(C)cccc1/C(N)=N/O. The van der Waals surface area contributed by atoms with E-state index in [0.717, 1.165) is 5.56 Å². The minimum absolute atomic E-state index is 0.0355.